The summed E-state index contributed by atoms with van der Waals surface area (Å²) in [5.41, 5.74) is 1.98. The fourth-order valence-electron chi connectivity index (χ4n) is 3.98. The van der Waals surface area contributed by atoms with Crippen molar-refractivity contribution in [3.8, 4) is 5.75 Å². The second-order valence-corrected chi connectivity index (χ2v) is 9.99. The Hall–Kier alpha value is -2.58. The van der Waals surface area contributed by atoms with Crippen LogP contribution in [-0.4, -0.2) is 50.9 Å². The van der Waals surface area contributed by atoms with Crippen molar-refractivity contribution in [2.45, 2.75) is 51.5 Å². The fourth-order valence-corrected chi connectivity index (χ4v) is 5.66. The molecule has 1 saturated heterocycles. The molecule has 32 heavy (non-hydrogen) atoms. The van der Waals surface area contributed by atoms with E-state index in [0.717, 1.165) is 25.1 Å². The highest BCUT2D eigenvalue weighted by atomic mass is 32.2. The maximum Gasteiger partial charge on any atom is 0.255 e. The van der Waals surface area contributed by atoms with Crippen molar-refractivity contribution in [1.82, 2.24) is 4.31 Å². The van der Waals surface area contributed by atoms with Gasteiger partial charge in [-0.05, 0) is 83.0 Å². The Bertz CT molecular complexity index is 1030. The van der Waals surface area contributed by atoms with Gasteiger partial charge in [0.05, 0.1) is 6.61 Å². The summed E-state index contributed by atoms with van der Waals surface area (Å²) in [6.45, 7) is 10.4. The van der Waals surface area contributed by atoms with Crippen molar-refractivity contribution in [3.05, 3.63) is 48.0 Å². The van der Waals surface area contributed by atoms with Gasteiger partial charge in [0, 0.05) is 42.6 Å². The Labute approximate surface area is 191 Å². The number of carbonyl (C=O) groups is 1. The number of hydrogen-bond donors (Lipinski definition) is 1. The zero-order chi connectivity index (χ0) is 23.3. The average molecular weight is 460 g/mol. The van der Waals surface area contributed by atoms with Crippen LogP contribution in [0.5, 0.6) is 5.75 Å². The predicted molar refractivity (Wildman–Crippen MR) is 128 cm³/mol. The summed E-state index contributed by atoms with van der Waals surface area (Å²) in [6, 6.07) is 12.5. The van der Waals surface area contributed by atoms with Crippen molar-refractivity contribution in [1.29, 1.82) is 0 Å². The zero-order valence-corrected chi connectivity index (χ0v) is 20.1. The van der Waals surface area contributed by atoms with Crippen LogP contribution in [0.1, 0.15) is 50.9 Å². The molecule has 0 radical (unpaired) electrons. The lowest BCUT2D eigenvalue weighted by Gasteiger charge is -2.27. The fraction of sp³-hybridized carbons (Fsp3) is 0.458. The van der Waals surface area contributed by atoms with Gasteiger partial charge in [-0.1, -0.05) is 0 Å². The number of nitrogens with zero attached hydrogens (tertiary/aromatic N) is 2. The second-order valence-electron chi connectivity index (χ2n) is 8.09. The van der Waals surface area contributed by atoms with Gasteiger partial charge in [-0.25, -0.2) is 8.42 Å². The minimum atomic E-state index is -3.69. The molecule has 0 spiro atoms. The van der Waals surface area contributed by atoms with Crippen LogP contribution >= 0.6 is 0 Å². The minimum absolute atomic E-state index is 0.0879. The maximum absolute atomic E-state index is 13.2. The third-order valence-electron chi connectivity index (χ3n) is 5.61. The largest absolute Gasteiger partial charge is 0.492 e. The molecule has 1 aliphatic rings. The SMILES string of the molecule is CCOc1ccc(NC(=O)c2ccc(N(CC)C(C)C)cc2)cc1S(=O)(=O)N1CCCC1. The molecule has 7 nitrogen and oxygen atoms in total. The molecule has 1 heterocycles. The summed E-state index contributed by atoms with van der Waals surface area (Å²) in [4.78, 5) is 15.1. The molecule has 0 unspecified atom stereocenters. The first-order valence-electron chi connectivity index (χ1n) is 11.2. The van der Waals surface area contributed by atoms with E-state index in [2.05, 4.69) is 31.0 Å². The first-order chi connectivity index (χ1) is 15.3. The second kappa shape index (κ2) is 10.4. The number of ether oxygens (including phenoxy) is 1. The summed E-state index contributed by atoms with van der Waals surface area (Å²) in [5, 5.41) is 2.82. The molecular weight excluding hydrogens is 426 g/mol. The van der Waals surface area contributed by atoms with Gasteiger partial charge in [0.1, 0.15) is 10.6 Å². The van der Waals surface area contributed by atoms with E-state index in [4.69, 9.17) is 4.74 Å². The van der Waals surface area contributed by atoms with Gasteiger partial charge >= 0.3 is 0 Å². The van der Waals surface area contributed by atoms with Gasteiger partial charge in [0.25, 0.3) is 5.91 Å². The topological polar surface area (TPSA) is 79.0 Å². The number of benzene rings is 2. The number of carbonyl (C=O) groups excluding carboxylic acids is 1. The summed E-state index contributed by atoms with van der Waals surface area (Å²) < 4.78 is 33.3. The highest BCUT2D eigenvalue weighted by Gasteiger charge is 2.30. The van der Waals surface area contributed by atoms with Crippen molar-refractivity contribution in [2.24, 2.45) is 0 Å². The van der Waals surface area contributed by atoms with Crippen LogP contribution < -0.4 is 15.0 Å². The van der Waals surface area contributed by atoms with Gasteiger partial charge in [-0.3, -0.25) is 4.79 Å². The highest BCUT2D eigenvalue weighted by Crippen LogP contribution is 2.32. The molecule has 1 N–H and O–H groups in total. The van der Waals surface area contributed by atoms with E-state index in [1.807, 2.05) is 19.1 Å². The Balaban J connectivity index is 1.83. The van der Waals surface area contributed by atoms with E-state index in [9.17, 15) is 13.2 Å². The smallest absolute Gasteiger partial charge is 0.255 e. The first kappa shape index (κ1) is 24.1. The Kier molecular flexibility index (Phi) is 7.79. The van der Waals surface area contributed by atoms with Gasteiger partial charge in [0.2, 0.25) is 10.0 Å². The van der Waals surface area contributed by atoms with Crippen molar-refractivity contribution >= 4 is 27.3 Å². The molecule has 3 rings (SSSR count). The number of anilines is 2. The van der Waals surface area contributed by atoms with E-state index in [1.165, 1.54) is 10.4 Å². The molecule has 1 aliphatic heterocycles. The number of sulfonamides is 1. The normalized spacial score (nSPS) is 14.5. The number of hydrogen-bond acceptors (Lipinski definition) is 5. The standard InChI is InChI=1S/C24H33N3O4S/c1-5-27(18(3)4)21-12-9-19(10-13-21)24(28)25-20-11-14-22(31-6-2)23(17-20)32(29,30)26-15-7-8-16-26/h9-14,17-18H,5-8,15-16H2,1-4H3,(H,25,28). The predicted octanol–water partition coefficient (Wildman–Crippen LogP) is 4.36. The van der Waals surface area contributed by atoms with E-state index < -0.39 is 10.0 Å². The lowest BCUT2D eigenvalue weighted by Crippen LogP contribution is -2.30. The molecule has 2 aromatic carbocycles. The Morgan fingerprint density at radius 1 is 1.09 bits per heavy atom. The van der Waals surface area contributed by atoms with E-state index in [1.54, 1.807) is 24.3 Å². The molecular formula is C24H33N3O4S. The Morgan fingerprint density at radius 2 is 1.75 bits per heavy atom. The van der Waals surface area contributed by atoms with Crippen LogP contribution in [-0.2, 0) is 10.0 Å². The van der Waals surface area contributed by atoms with E-state index >= 15 is 0 Å². The van der Waals surface area contributed by atoms with E-state index in [0.29, 0.717) is 42.7 Å². The van der Waals surface area contributed by atoms with E-state index in [-0.39, 0.29) is 10.8 Å². The number of rotatable bonds is 9. The molecule has 0 aromatic heterocycles. The number of amides is 1. The van der Waals surface area contributed by atoms with Gasteiger partial charge in [-0.2, -0.15) is 4.31 Å². The summed E-state index contributed by atoms with van der Waals surface area (Å²) in [7, 11) is -3.69. The van der Waals surface area contributed by atoms with Crippen LogP contribution in [0.4, 0.5) is 11.4 Å². The van der Waals surface area contributed by atoms with Crippen LogP contribution in [0.25, 0.3) is 0 Å². The lowest BCUT2D eigenvalue weighted by molar-refractivity contribution is 0.102. The molecule has 0 atom stereocenters. The van der Waals surface area contributed by atoms with Crippen molar-refractivity contribution in [3.63, 3.8) is 0 Å². The molecule has 0 saturated carbocycles. The molecule has 8 heteroatoms. The Morgan fingerprint density at radius 3 is 2.31 bits per heavy atom. The monoisotopic (exact) mass is 459 g/mol. The lowest BCUT2D eigenvalue weighted by atomic mass is 10.1. The third kappa shape index (κ3) is 5.24. The molecule has 1 amide bonds. The van der Waals surface area contributed by atoms with Crippen LogP contribution in [0.3, 0.4) is 0 Å². The molecule has 2 aromatic rings. The van der Waals surface area contributed by atoms with Crippen molar-refractivity contribution < 1.29 is 17.9 Å². The zero-order valence-electron chi connectivity index (χ0n) is 19.3. The summed E-state index contributed by atoms with van der Waals surface area (Å²) in [5.74, 6) is 0.00733. The summed E-state index contributed by atoms with van der Waals surface area (Å²) in [6.07, 6.45) is 1.70. The van der Waals surface area contributed by atoms with Gasteiger partial charge < -0.3 is 15.0 Å². The van der Waals surface area contributed by atoms with Crippen LogP contribution in [0.15, 0.2) is 47.4 Å². The van der Waals surface area contributed by atoms with Crippen molar-refractivity contribution in [2.75, 3.05) is 36.5 Å². The molecule has 0 aliphatic carbocycles. The first-order valence-corrected chi connectivity index (χ1v) is 12.7. The quantitative estimate of drug-likeness (QED) is 0.603. The summed E-state index contributed by atoms with van der Waals surface area (Å²) >= 11 is 0. The molecule has 0 bridgehead atoms. The van der Waals surface area contributed by atoms with Gasteiger partial charge in [0.15, 0.2) is 0 Å². The third-order valence-corrected chi connectivity index (χ3v) is 7.53. The molecule has 1 fully saturated rings. The maximum atomic E-state index is 13.2. The van der Waals surface area contributed by atoms with Gasteiger partial charge in [-0.15, -0.1) is 0 Å². The van der Waals surface area contributed by atoms with Crippen LogP contribution in [0.2, 0.25) is 0 Å². The highest BCUT2D eigenvalue weighted by molar-refractivity contribution is 7.89. The molecule has 174 valence electrons. The average Bonchev–Trinajstić information content (AvgIpc) is 3.31. The number of nitrogens with one attached hydrogen (secondary N) is 1. The van der Waals surface area contributed by atoms with Crippen LogP contribution in [0, 0.1) is 0 Å². The minimum Gasteiger partial charge on any atom is -0.492 e.